The third-order valence-electron chi connectivity index (χ3n) is 5.01. The van der Waals surface area contributed by atoms with Gasteiger partial charge in [-0.2, -0.15) is 0 Å². The third-order valence-corrected chi connectivity index (χ3v) is 6.68. The van der Waals surface area contributed by atoms with E-state index in [4.69, 9.17) is 5.73 Å². The highest BCUT2D eigenvalue weighted by Crippen LogP contribution is 2.29. The van der Waals surface area contributed by atoms with Crippen molar-refractivity contribution in [3.63, 3.8) is 0 Å². The highest BCUT2D eigenvalue weighted by Gasteiger charge is 2.25. The fraction of sp³-hybridized carbons (Fsp3) is 0.579. The van der Waals surface area contributed by atoms with E-state index in [0.29, 0.717) is 17.5 Å². The smallest absolute Gasteiger partial charge is 0.241 e. The van der Waals surface area contributed by atoms with Crippen molar-refractivity contribution in [1.82, 2.24) is 10.0 Å². The molecule has 0 aliphatic rings. The Balaban J connectivity index is 3.00. The van der Waals surface area contributed by atoms with E-state index in [0.717, 1.165) is 16.7 Å². The Morgan fingerprint density at radius 1 is 0.926 bits per heavy atom. The van der Waals surface area contributed by atoms with Crippen LogP contribution in [-0.2, 0) is 19.6 Å². The zero-order valence-electron chi connectivity index (χ0n) is 17.2. The first-order valence-corrected chi connectivity index (χ1v) is 10.4. The average molecular weight is 398 g/mol. The van der Waals surface area contributed by atoms with E-state index in [1.165, 1.54) is 0 Å². The van der Waals surface area contributed by atoms with Gasteiger partial charge < -0.3 is 11.1 Å². The van der Waals surface area contributed by atoms with Crippen molar-refractivity contribution in [1.29, 1.82) is 0 Å². The molecule has 8 heteroatoms. The molecule has 1 aromatic rings. The van der Waals surface area contributed by atoms with E-state index in [-0.39, 0.29) is 10.8 Å². The molecule has 0 aromatic heterocycles. The molecule has 0 aliphatic carbocycles. The summed E-state index contributed by atoms with van der Waals surface area (Å²) >= 11 is 0. The van der Waals surface area contributed by atoms with Gasteiger partial charge in [-0.1, -0.05) is 13.8 Å². The molecule has 1 unspecified atom stereocenters. The van der Waals surface area contributed by atoms with Gasteiger partial charge in [-0.25, -0.2) is 13.1 Å². The summed E-state index contributed by atoms with van der Waals surface area (Å²) in [5.74, 6) is -1.08. The number of nitrogens with two attached hydrogens (primary N) is 1. The molecule has 0 aliphatic heterocycles. The monoisotopic (exact) mass is 397 g/mol. The second-order valence-corrected chi connectivity index (χ2v) is 9.13. The van der Waals surface area contributed by atoms with Gasteiger partial charge >= 0.3 is 0 Å². The number of carbonyl (C=O) groups excluding carboxylic acids is 2. The Morgan fingerprint density at radius 3 is 1.78 bits per heavy atom. The van der Waals surface area contributed by atoms with Gasteiger partial charge in [-0.3, -0.25) is 9.59 Å². The Labute approximate surface area is 162 Å². The van der Waals surface area contributed by atoms with E-state index >= 15 is 0 Å². The van der Waals surface area contributed by atoms with Crippen LogP contribution in [-0.4, -0.2) is 32.8 Å². The van der Waals surface area contributed by atoms with Gasteiger partial charge in [-0.15, -0.1) is 0 Å². The molecule has 0 spiro atoms. The molecule has 0 radical (unpaired) electrons. The summed E-state index contributed by atoms with van der Waals surface area (Å²) in [5.41, 5.74) is 9.51. The standard InChI is InChI=1S/C19H31N3O4S/c1-10(2)8-16(19(20)24)22-17(23)9-21-27(25,26)18-14(6)12(4)11(3)13(5)15(18)7/h10,16,21H,8-9H2,1-7H3,(H2,20,24)(H,22,23). The molecule has 1 aromatic carbocycles. The Morgan fingerprint density at radius 2 is 1.37 bits per heavy atom. The van der Waals surface area contributed by atoms with Crippen molar-refractivity contribution in [2.75, 3.05) is 6.54 Å². The summed E-state index contributed by atoms with van der Waals surface area (Å²) in [6, 6.07) is -0.825. The first-order valence-electron chi connectivity index (χ1n) is 8.94. The summed E-state index contributed by atoms with van der Waals surface area (Å²) in [5, 5.41) is 2.49. The zero-order chi connectivity index (χ0) is 21.1. The molecule has 1 rings (SSSR count). The van der Waals surface area contributed by atoms with Crippen LogP contribution >= 0.6 is 0 Å². The number of amides is 2. The van der Waals surface area contributed by atoms with Crippen molar-refractivity contribution in [3.05, 3.63) is 27.8 Å². The number of benzene rings is 1. The lowest BCUT2D eigenvalue weighted by Gasteiger charge is -2.20. The summed E-state index contributed by atoms with van der Waals surface area (Å²) in [4.78, 5) is 23.8. The molecule has 0 heterocycles. The largest absolute Gasteiger partial charge is 0.368 e. The van der Waals surface area contributed by atoms with Crippen molar-refractivity contribution in [3.8, 4) is 0 Å². The lowest BCUT2D eigenvalue weighted by molar-refractivity contribution is -0.127. The number of nitrogens with one attached hydrogen (secondary N) is 2. The summed E-state index contributed by atoms with van der Waals surface area (Å²) in [7, 11) is -3.88. The minimum absolute atomic E-state index is 0.156. The van der Waals surface area contributed by atoms with Crippen LogP contribution < -0.4 is 15.8 Å². The second-order valence-electron chi connectivity index (χ2n) is 7.43. The lowest BCUT2D eigenvalue weighted by atomic mass is 9.95. The average Bonchev–Trinajstić information content (AvgIpc) is 2.55. The number of hydrogen-bond donors (Lipinski definition) is 3. The van der Waals surface area contributed by atoms with Crippen LogP contribution in [0, 0.1) is 40.5 Å². The molecule has 2 amide bonds. The van der Waals surface area contributed by atoms with Gasteiger partial charge in [0.2, 0.25) is 21.8 Å². The number of carbonyl (C=O) groups is 2. The molecular weight excluding hydrogens is 366 g/mol. The highest BCUT2D eigenvalue weighted by molar-refractivity contribution is 7.89. The number of rotatable bonds is 8. The molecule has 0 saturated heterocycles. The SMILES string of the molecule is Cc1c(C)c(C)c(S(=O)(=O)NCC(=O)NC(CC(C)C)C(N)=O)c(C)c1C. The Bertz CT molecular complexity index is 816. The van der Waals surface area contributed by atoms with Gasteiger partial charge in [0.25, 0.3) is 0 Å². The van der Waals surface area contributed by atoms with E-state index in [1.54, 1.807) is 13.8 Å². The highest BCUT2D eigenvalue weighted by atomic mass is 32.2. The summed E-state index contributed by atoms with van der Waals surface area (Å²) in [6.07, 6.45) is 0.391. The Hall–Kier alpha value is -1.93. The second kappa shape index (κ2) is 8.84. The van der Waals surface area contributed by atoms with Crippen molar-refractivity contribution < 1.29 is 18.0 Å². The fourth-order valence-electron chi connectivity index (χ4n) is 3.06. The molecule has 0 bridgehead atoms. The molecule has 0 saturated carbocycles. The predicted molar refractivity (Wildman–Crippen MR) is 106 cm³/mol. The van der Waals surface area contributed by atoms with Crippen LogP contribution in [0.3, 0.4) is 0 Å². The van der Waals surface area contributed by atoms with Crippen molar-refractivity contribution >= 4 is 21.8 Å². The predicted octanol–water partition coefficient (Wildman–Crippen LogP) is 1.52. The minimum atomic E-state index is -3.88. The third kappa shape index (κ3) is 5.52. The van der Waals surface area contributed by atoms with E-state index < -0.39 is 34.4 Å². The lowest BCUT2D eigenvalue weighted by Crippen LogP contribution is -2.48. The number of primary amides is 1. The van der Waals surface area contributed by atoms with Crippen LogP contribution in [0.5, 0.6) is 0 Å². The maximum atomic E-state index is 12.8. The topological polar surface area (TPSA) is 118 Å². The maximum Gasteiger partial charge on any atom is 0.241 e. The van der Waals surface area contributed by atoms with Crippen LogP contribution in [0.1, 0.15) is 48.1 Å². The van der Waals surface area contributed by atoms with Gasteiger partial charge in [0.1, 0.15) is 6.04 Å². The first-order chi connectivity index (χ1) is 12.3. The molecular formula is C19H31N3O4S. The zero-order valence-corrected chi connectivity index (χ0v) is 18.0. The fourth-order valence-corrected chi connectivity index (χ4v) is 4.64. The minimum Gasteiger partial charge on any atom is -0.368 e. The number of hydrogen-bond acceptors (Lipinski definition) is 4. The molecule has 27 heavy (non-hydrogen) atoms. The van der Waals surface area contributed by atoms with Crippen LogP contribution in [0.4, 0.5) is 0 Å². The summed E-state index contributed by atoms with van der Waals surface area (Å²) < 4.78 is 28.0. The van der Waals surface area contributed by atoms with Crippen LogP contribution in [0.25, 0.3) is 0 Å². The van der Waals surface area contributed by atoms with E-state index in [9.17, 15) is 18.0 Å². The molecule has 4 N–H and O–H groups in total. The van der Waals surface area contributed by atoms with Crippen LogP contribution in [0.2, 0.25) is 0 Å². The van der Waals surface area contributed by atoms with Gasteiger partial charge in [0.15, 0.2) is 0 Å². The first kappa shape index (κ1) is 23.1. The van der Waals surface area contributed by atoms with Gasteiger partial charge in [0.05, 0.1) is 11.4 Å². The van der Waals surface area contributed by atoms with Crippen molar-refractivity contribution in [2.24, 2.45) is 11.7 Å². The quantitative estimate of drug-likeness (QED) is 0.616. The maximum absolute atomic E-state index is 12.8. The van der Waals surface area contributed by atoms with Crippen LogP contribution in [0.15, 0.2) is 4.90 Å². The van der Waals surface area contributed by atoms with Gasteiger partial charge in [-0.05, 0) is 74.8 Å². The number of sulfonamides is 1. The van der Waals surface area contributed by atoms with Crippen molar-refractivity contribution in [2.45, 2.75) is 65.8 Å². The van der Waals surface area contributed by atoms with E-state index in [2.05, 4.69) is 10.0 Å². The molecule has 7 nitrogen and oxygen atoms in total. The van der Waals surface area contributed by atoms with E-state index in [1.807, 2.05) is 34.6 Å². The van der Waals surface area contributed by atoms with Gasteiger partial charge in [0, 0.05) is 0 Å². The molecule has 1 atom stereocenters. The summed E-state index contributed by atoms with van der Waals surface area (Å²) in [6.45, 7) is 12.6. The molecule has 152 valence electrons. The molecule has 0 fully saturated rings. The Kier molecular flexibility index (Phi) is 7.57. The normalized spacial score (nSPS) is 12.9.